The summed E-state index contributed by atoms with van der Waals surface area (Å²) in [5.74, 6) is 0.588. The quantitative estimate of drug-likeness (QED) is 0.730. The minimum absolute atomic E-state index is 0. The van der Waals surface area contributed by atoms with E-state index in [1.54, 1.807) is 6.20 Å². The van der Waals surface area contributed by atoms with Gasteiger partial charge in [0.2, 0.25) is 5.91 Å². The van der Waals surface area contributed by atoms with Crippen molar-refractivity contribution in [2.24, 2.45) is 0 Å². The molecule has 0 saturated heterocycles. The zero-order valence-electron chi connectivity index (χ0n) is 11.6. The molecule has 20 heavy (non-hydrogen) atoms. The lowest BCUT2D eigenvalue weighted by Gasteiger charge is -2.03. The Morgan fingerprint density at radius 2 is 1.90 bits per heavy atom. The SMILES string of the molecule is Cc1cc[n+](CCC(=O)Nc2cc(C)ccn2)cc1.[Br-]. The van der Waals surface area contributed by atoms with E-state index in [0.717, 1.165) is 5.56 Å². The Kier molecular flexibility index (Phi) is 6.31. The van der Waals surface area contributed by atoms with Crippen molar-refractivity contribution in [3.05, 3.63) is 54.0 Å². The lowest BCUT2D eigenvalue weighted by atomic mass is 10.3. The molecule has 0 aliphatic heterocycles. The van der Waals surface area contributed by atoms with E-state index in [4.69, 9.17) is 0 Å². The zero-order valence-corrected chi connectivity index (χ0v) is 13.2. The van der Waals surface area contributed by atoms with Crippen LogP contribution >= 0.6 is 0 Å². The van der Waals surface area contributed by atoms with Gasteiger partial charge in [0.1, 0.15) is 5.82 Å². The molecule has 5 heteroatoms. The fourth-order valence-electron chi connectivity index (χ4n) is 1.72. The van der Waals surface area contributed by atoms with E-state index < -0.39 is 0 Å². The number of hydrogen-bond donors (Lipinski definition) is 1. The predicted octanol–water partition coefficient (Wildman–Crippen LogP) is -0.981. The number of carbonyl (C=O) groups is 1. The highest BCUT2D eigenvalue weighted by Gasteiger charge is 2.07. The lowest BCUT2D eigenvalue weighted by Crippen LogP contribution is -3.00. The van der Waals surface area contributed by atoms with E-state index in [1.807, 2.05) is 55.1 Å². The molecule has 0 fully saturated rings. The van der Waals surface area contributed by atoms with Gasteiger partial charge in [-0.25, -0.2) is 9.55 Å². The standard InChI is InChI=1S/C15H17N3O.BrH/c1-12-4-8-18(9-5-12)10-6-15(19)17-14-11-13(2)3-7-16-14;/h3-5,7-9,11H,6,10H2,1-2H3;1H. The molecule has 4 nitrogen and oxygen atoms in total. The van der Waals surface area contributed by atoms with Gasteiger partial charge in [-0.05, 0) is 37.1 Å². The molecule has 0 spiro atoms. The molecule has 0 aliphatic rings. The average molecular weight is 336 g/mol. The number of carbonyl (C=O) groups excluding carboxylic acids is 1. The topological polar surface area (TPSA) is 45.9 Å². The first-order valence-electron chi connectivity index (χ1n) is 6.32. The van der Waals surface area contributed by atoms with Gasteiger partial charge in [-0.3, -0.25) is 4.79 Å². The van der Waals surface area contributed by atoms with Gasteiger partial charge in [0.25, 0.3) is 0 Å². The van der Waals surface area contributed by atoms with Crippen molar-refractivity contribution in [2.45, 2.75) is 26.8 Å². The van der Waals surface area contributed by atoms with Gasteiger partial charge < -0.3 is 22.3 Å². The predicted molar refractivity (Wildman–Crippen MR) is 73.6 cm³/mol. The van der Waals surface area contributed by atoms with Crippen LogP contribution in [0.1, 0.15) is 17.5 Å². The Bertz CT molecular complexity index is 570. The van der Waals surface area contributed by atoms with Gasteiger partial charge in [-0.1, -0.05) is 0 Å². The number of rotatable bonds is 4. The molecule has 1 N–H and O–H groups in total. The maximum absolute atomic E-state index is 11.8. The van der Waals surface area contributed by atoms with E-state index >= 15 is 0 Å². The van der Waals surface area contributed by atoms with Crippen LogP contribution in [0.5, 0.6) is 0 Å². The Labute approximate surface area is 129 Å². The van der Waals surface area contributed by atoms with Crippen LogP contribution < -0.4 is 26.9 Å². The van der Waals surface area contributed by atoms with Crippen LogP contribution in [0.2, 0.25) is 0 Å². The smallest absolute Gasteiger partial charge is 0.231 e. The summed E-state index contributed by atoms with van der Waals surface area (Å²) in [7, 11) is 0. The molecule has 2 aromatic heterocycles. The summed E-state index contributed by atoms with van der Waals surface area (Å²) in [5.41, 5.74) is 2.29. The largest absolute Gasteiger partial charge is 1.00 e. The van der Waals surface area contributed by atoms with Gasteiger partial charge in [0.05, 0.1) is 6.42 Å². The molecule has 0 saturated carbocycles. The summed E-state index contributed by atoms with van der Waals surface area (Å²) in [6, 6.07) is 7.81. The van der Waals surface area contributed by atoms with Crippen LogP contribution in [0, 0.1) is 13.8 Å². The second-order valence-electron chi connectivity index (χ2n) is 4.63. The van der Waals surface area contributed by atoms with Gasteiger partial charge in [0.15, 0.2) is 18.9 Å². The number of nitrogens with one attached hydrogen (secondary N) is 1. The van der Waals surface area contributed by atoms with Gasteiger partial charge in [-0.15, -0.1) is 0 Å². The summed E-state index contributed by atoms with van der Waals surface area (Å²) in [4.78, 5) is 15.9. The van der Waals surface area contributed by atoms with Gasteiger partial charge >= 0.3 is 0 Å². The summed E-state index contributed by atoms with van der Waals surface area (Å²) in [6.45, 7) is 4.68. The van der Waals surface area contributed by atoms with Crippen molar-refractivity contribution in [1.82, 2.24) is 4.98 Å². The molecule has 106 valence electrons. The second kappa shape index (κ2) is 7.75. The zero-order chi connectivity index (χ0) is 13.7. The van der Waals surface area contributed by atoms with E-state index in [2.05, 4.69) is 10.3 Å². The molecule has 0 unspecified atom stereocenters. The van der Waals surface area contributed by atoms with Gasteiger partial charge in [-0.2, -0.15) is 0 Å². The van der Waals surface area contributed by atoms with Crippen molar-refractivity contribution < 1.29 is 26.3 Å². The number of pyridine rings is 2. The normalized spacial score (nSPS) is 9.70. The molecule has 2 heterocycles. The van der Waals surface area contributed by atoms with E-state index in [1.165, 1.54) is 5.56 Å². The maximum Gasteiger partial charge on any atom is 0.231 e. The molecule has 0 atom stereocenters. The van der Waals surface area contributed by atoms with Crippen molar-refractivity contribution in [3.63, 3.8) is 0 Å². The summed E-state index contributed by atoms with van der Waals surface area (Å²) >= 11 is 0. The van der Waals surface area contributed by atoms with Crippen molar-refractivity contribution in [1.29, 1.82) is 0 Å². The van der Waals surface area contributed by atoms with Crippen LogP contribution in [0.15, 0.2) is 42.9 Å². The number of aryl methyl sites for hydroxylation is 3. The second-order valence-corrected chi connectivity index (χ2v) is 4.63. The van der Waals surface area contributed by atoms with Crippen molar-refractivity contribution in [2.75, 3.05) is 5.32 Å². The summed E-state index contributed by atoms with van der Waals surface area (Å²) in [5, 5.41) is 2.80. The van der Waals surface area contributed by atoms with Crippen LogP contribution in [-0.4, -0.2) is 10.9 Å². The third kappa shape index (κ3) is 5.09. The minimum atomic E-state index is -0.0221. The molecule has 1 amide bonds. The number of aromatic nitrogens is 2. The van der Waals surface area contributed by atoms with Crippen LogP contribution in [0.25, 0.3) is 0 Å². The molecule has 0 aliphatic carbocycles. The van der Waals surface area contributed by atoms with Gasteiger partial charge in [0, 0.05) is 18.3 Å². The van der Waals surface area contributed by atoms with E-state index in [0.29, 0.717) is 18.8 Å². The van der Waals surface area contributed by atoms with Crippen LogP contribution in [0.3, 0.4) is 0 Å². The number of amides is 1. The average Bonchev–Trinajstić information content (AvgIpc) is 2.38. The molecule has 0 bridgehead atoms. The highest BCUT2D eigenvalue weighted by atomic mass is 79.9. The number of halogens is 1. The number of hydrogen-bond acceptors (Lipinski definition) is 2. The minimum Gasteiger partial charge on any atom is -1.00 e. The molecule has 0 radical (unpaired) electrons. The summed E-state index contributed by atoms with van der Waals surface area (Å²) in [6.07, 6.45) is 6.09. The Morgan fingerprint density at radius 3 is 2.55 bits per heavy atom. The van der Waals surface area contributed by atoms with Crippen LogP contribution in [0.4, 0.5) is 5.82 Å². The Morgan fingerprint density at radius 1 is 1.20 bits per heavy atom. The first-order valence-corrected chi connectivity index (χ1v) is 6.32. The summed E-state index contributed by atoms with van der Waals surface area (Å²) < 4.78 is 2.00. The molecule has 2 rings (SSSR count). The fraction of sp³-hybridized carbons (Fsp3) is 0.267. The van der Waals surface area contributed by atoms with Crippen LogP contribution in [-0.2, 0) is 11.3 Å². The molecule has 2 aromatic rings. The first kappa shape index (κ1) is 16.3. The third-order valence-electron chi connectivity index (χ3n) is 2.84. The lowest BCUT2D eigenvalue weighted by molar-refractivity contribution is -0.695. The fourth-order valence-corrected chi connectivity index (χ4v) is 1.72. The Balaban J connectivity index is 0.00000200. The first-order chi connectivity index (χ1) is 9.13. The third-order valence-corrected chi connectivity index (χ3v) is 2.84. The molecular formula is C15H18BrN3O. The highest BCUT2D eigenvalue weighted by molar-refractivity contribution is 5.89. The van der Waals surface area contributed by atoms with E-state index in [-0.39, 0.29) is 22.9 Å². The highest BCUT2D eigenvalue weighted by Crippen LogP contribution is 2.05. The van der Waals surface area contributed by atoms with Crippen molar-refractivity contribution in [3.8, 4) is 0 Å². The van der Waals surface area contributed by atoms with Crippen molar-refractivity contribution >= 4 is 11.7 Å². The van der Waals surface area contributed by atoms with E-state index in [9.17, 15) is 4.79 Å². The maximum atomic E-state index is 11.8. The Hall–Kier alpha value is -1.75. The molecular weight excluding hydrogens is 318 g/mol. The monoisotopic (exact) mass is 335 g/mol. The number of nitrogens with zero attached hydrogens (tertiary/aromatic N) is 2. The number of anilines is 1. The molecule has 0 aromatic carbocycles.